The number of benzene rings is 1. The number of hydrogen-bond donors (Lipinski definition) is 1. The number of nitrogens with two attached hydrogens (primary N) is 1. The number of anilines is 1. The average Bonchev–Trinajstić information content (AvgIpc) is 3.14. The second-order valence-electron chi connectivity index (χ2n) is 7.49. The third kappa shape index (κ3) is 4.31. The molecule has 3 aromatic rings. The summed E-state index contributed by atoms with van der Waals surface area (Å²) >= 11 is 0. The highest BCUT2D eigenvalue weighted by atomic mass is 15.3. The minimum atomic E-state index is 0.548. The van der Waals surface area contributed by atoms with E-state index in [2.05, 4.69) is 69.2 Å². The molecule has 1 aliphatic rings. The normalized spacial score (nSPS) is 15.1. The van der Waals surface area contributed by atoms with E-state index in [-0.39, 0.29) is 0 Å². The number of hydrogen-bond acceptors (Lipinski definition) is 6. The Balaban J connectivity index is 1.45. The van der Waals surface area contributed by atoms with E-state index in [0.29, 0.717) is 6.54 Å². The van der Waals surface area contributed by atoms with Crippen LogP contribution in [0.5, 0.6) is 0 Å². The highest BCUT2D eigenvalue weighted by Gasteiger charge is 2.22. The van der Waals surface area contributed by atoms with Crippen molar-refractivity contribution in [1.29, 1.82) is 0 Å². The van der Waals surface area contributed by atoms with Crippen molar-refractivity contribution in [3.05, 3.63) is 59.7 Å². The van der Waals surface area contributed by atoms with Crippen LogP contribution in [0.2, 0.25) is 0 Å². The second kappa shape index (κ2) is 8.71. The molecule has 0 radical (unpaired) electrons. The Morgan fingerprint density at radius 1 is 1.00 bits per heavy atom. The molecule has 4 rings (SSSR count). The predicted octanol–water partition coefficient (Wildman–Crippen LogP) is 2.45. The van der Waals surface area contributed by atoms with Crippen molar-refractivity contribution < 1.29 is 0 Å². The minimum absolute atomic E-state index is 0.548. The molecule has 7 heteroatoms. The smallest absolute Gasteiger partial charge is 0.155 e. The van der Waals surface area contributed by atoms with Crippen LogP contribution >= 0.6 is 0 Å². The Morgan fingerprint density at radius 2 is 1.72 bits per heavy atom. The van der Waals surface area contributed by atoms with Crippen molar-refractivity contribution in [2.75, 3.05) is 31.1 Å². The summed E-state index contributed by atoms with van der Waals surface area (Å²) in [6.45, 7) is 10.5. The van der Waals surface area contributed by atoms with Gasteiger partial charge in [0.05, 0.1) is 5.69 Å². The van der Waals surface area contributed by atoms with Gasteiger partial charge < -0.3 is 10.6 Å². The molecule has 0 spiro atoms. The van der Waals surface area contributed by atoms with Gasteiger partial charge in [-0.05, 0) is 19.4 Å². The van der Waals surface area contributed by atoms with Crippen LogP contribution in [-0.2, 0) is 19.6 Å². The number of piperazine rings is 1. The van der Waals surface area contributed by atoms with Crippen molar-refractivity contribution in [3.8, 4) is 11.3 Å². The maximum Gasteiger partial charge on any atom is 0.155 e. The Hall–Kier alpha value is -2.77. The topological polar surface area (TPSA) is 76.1 Å². The second-order valence-corrected chi connectivity index (χ2v) is 7.49. The summed E-state index contributed by atoms with van der Waals surface area (Å²) in [5, 5.41) is 4.57. The van der Waals surface area contributed by atoms with Crippen LogP contribution in [0.25, 0.3) is 11.3 Å². The first kappa shape index (κ1) is 19.5. The third-order valence-electron chi connectivity index (χ3n) is 5.58. The molecule has 0 aliphatic carbocycles. The zero-order valence-electron chi connectivity index (χ0n) is 17.3. The Kier molecular flexibility index (Phi) is 5.87. The lowest BCUT2D eigenvalue weighted by Gasteiger charge is -2.35. The summed E-state index contributed by atoms with van der Waals surface area (Å²) in [4.78, 5) is 14.1. The van der Waals surface area contributed by atoms with E-state index < -0.39 is 0 Å². The van der Waals surface area contributed by atoms with Gasteiger partial charge in [0, 0.05) is 75.5 Å². The van der Waals surface area contributed by atoms with E-state index in [4.69, 9.17) is 5.73 Å². The first-order valence-corrected chi connectivity index (χ1v) is 10.3. The van der Waals surface area contributed by atoms with E-state index in [1.165, 1.54) is 5.56 Å². The van der Waals surface area contributed by atoms with Crippen LogP contribution in [0.15, 0.2) is 42.9 Å². The molecule has 1 aromatic carbocycles. The van der Waals surface area contributed by atoms with E-state index in [1.54, 1.807) is 12.4 Å². The molecule has 0 unspecified atom stereocenters. The highest BCUT2D eigenvalue weighted by molar-refractivity contribution is 5.72. The summed E-state index contributed by atoms with van der Waals surface area (Å²) in [6.07, 6.45) is 5.72. The largest absolute Gasteiger partial charge is 0.352 e. The van der Waals surface area contributed by atoms with Gasteiger partial charge in [0.2, 0.25) is 0 Å². The van der Waals surface area contributed by atoms with Gasteiger partial charge in [0.1, 0.15) is 5.69 Å². The molecular weight excluding hydrogens is 362 g/mol. The monoisotopic (exact) mass is 391 g/mol. The standard InChI is InChI=1S/C22H29N7/c1-3-29-16-20(17(2)26-29)15-27-10-12-28(13-11-27)22-21(24-8-9-25-22)19-6-4-18(14-23)5-7-19/h4-9,16H,3,10-15,23H2,1-2H3. The fraction of sp³-hybridized carbons (Fsp3) is 0.409. The molecular formula is C22H29N7. The Labute approximate surface area is 172 Å². The zero-order chi connectivity index (χ0) is 20.2. The number of aryl methyl sites for hydroxylation is 2. The molecule has 152 valence electrons. The van der Waals surface area contributed by atoms with Crippen molar-refractivity contribution in [3.63, 3.8) is 0 Å². The fourth-order valence-corrected chi connectivity index (χ4v) is 3.80. The van der Waals surface area contributed by atoms with Gasteiger partial charge in [0.15, 0.2) is 5.82 Å². The molecule has 2 N–H and O–H groups in total. The first-order valence-electron chi connectivity index (χ1n) is 10.3. The van der Waals surface area contributed by atoms with Gasteiger partial charge >= 0.3 is 0 Å². The van der Waals surface area contributed by atoms with Gasteiger partial charge in [-0.25, -0.2) is 4.98 Å². The maximum atomic E-state index is 5.73. The minimum Gasteiger partial charge on any atom is -0.352 e. The Bertz CT molecular complexity index is 940. The third-order valence-corrected chi connectivity index (χ3v) is 5.58. The zero-order valence-corrected chi connectivity index (χ0v) is 17.3. The molecule has 0 amide bonds. The molecule has 2 aromatic heterocycles. The molecule has 0 bridgehead atoms. The molecule has 7 nitrogen and oxygen atoms in total. The summed E-state index contributed by atoms with van der Waals surface area (Å²) in [7, 11) is 0. The van der Waals surface area contributed by atoms with E-state index in [1.807, 2.05) is 4.68 Å². The van der Waals surface area contributed by atoms with E-state index in [0.717, 1.165) is 67.6 Å². The van der Waals surface area contributed by atoms with Crippen molar-refractivity contribution >= 4 is 5.82 Å². The maximum absolute atomic E-state index is 5.73. The Morgan fingerprint density at radius 3 is 2.38 bits per heavy atom. The van der Waals surface area contributed by atoms with Gasteiger partial charge in [-0.2, -0.15) is 5.10 Å². The van der Waals surface area contributed by atoms with Gasteiger partial charge in [0.25, 0.3) is 0 Å². The molecule has 1 saturated heterocycles. The van der Waals surface area contributed by atoms with Crippen molar-refractivity contribution in [2.24, 2.45) is 5.73 Å². The van der Waals surface area contributed by atoms with E-state index >= 15 is 0 Å². The van der Waals surface area contributed by atoms with Crippen LogP contribution in [0.3, 0.4) is 0 Å². The molecule has 1 aliphatic heterocycles. The highest BCUT2D eigenvalue weighted by Crippen LogP contribution is 2.27. The van der Waals surface area contributed by atoms with Gasteiger partial charge in [-0.15, -0.1) is 0 Å². The van der Waals surface area contributed by atoms with Crippen molar-refractivity contribution in [1.82, 2.24) is 24.6 Å². The summed E-state index contributed by atoms with van der Waals surface area (Å²) < 4.78 is 2.02. The quantitative estimate of drug-likeness (QED) is 0.696. The lowest BCUT2D eigenvalue weighted by molar-refractivity contribution is 0.249. The van der Waals surface area contributed by atoms with Gasteiger partial charge in [-0.3, -0.25) is 14.6 Å². The van der Waals surface area contributed by atoms with E-state index in [9.17, 15) is 0 Å². The predicted molar refractivity (Wildman–Crippen MR) is 115 cm³/mol. The molecule has 3 heterocycles. The lowest BCUT2D eigenvalue weighted by Crippen LogP contribution is -2.46. The number of nitrogens with zero attached hydrogens (tertiary/aromatic N) is 6. The van der Waals surface area contributed by atoms with Crippen LogP contribution in [0.1, 0.15) is 23.7 Å². The molecule has 29 heavy (non-hydrogen) atoms. The summed E-state index contributed by atoms with van der Waals surface area (Å²) in [5.74, 6) is 0.961. The summed E-state index contributed by atoms with van der Waals surface area (Å²) in [5.41, 5.74) is 11.3. The number of rotatable bonds is 6. The van der Waals surface area contributed by atoms with Crippen LogP contribution in [0.4, 0.5) is 5.82 Å². The van der Waals surface area contributed by atoms with Crippen LogP contribution in [-0.4, -0.2) is 50.8 Å². The summed E-state index contributed by atoms with van der Waals surface area (Å²) in [6, 6.07) is 8.29. The fourth-order valence-electron chi connectivity index (χ4n) is 3.80. The molecule has 0 saturated carbocycles. The van der Waals surface area contributed by atoms with Crippen LogP contribution in [0, 0.1) is 6.92 Å². The SMILES string of the molecule is CCn1cc(CN2CCN(c3nccnc3-c3ccc(CN)cc3)CC2)c(C)n1. The molecule has 0 atom stereocenters. The molecule has 1 fully saturated rings. The van der Waals surface area contributed by atoms with Crippen molar-refractivity contribution in [2.45, 2.75) is 33.5 Å². The number of aromatic nitrogens is 4. The lowest BCUT2D eigenvalue weighted by atomic mass is 10.1. The first-order chi connectivity index (χ1) is 14.2. The van der Waals surface area contributed by atoms with Gasteiger partial charge in [-0.1, -0.05) is 24.3 Å². The van der Waals surface area contributed by atoms with Crippen LogP contribution < -0.4 is 10.6 Å². The average molecular weight is 392 g/mol.